The van der Waals surface area contributed by atoms with Gasteiger partial charge in [0.25, 0.3) is 0 Å². The summed E-state index contributed by atoms with van der Waals surface area (Å²) < 4.78 is 0. The Hall–Kier alpha value is -6.45. The number of benzene rings is 3. The average Bonchev–Trinajstić information content (AvgIpc) is 3.27. The number of nitrogens with one attached hydrogen (secondary N) is 6. The molecule has 16 nitrogen and oxygen atoms in total. The number of carboxylic acid groups (broad SMARTS) is 1. The van der Waals surface area contributed by atoms with Gasteiger partial charge in [0.05, 0.1) is 0 Å². The van der Waals surface area contributed by atoms with Crippen LogP contribution in [0.25, 0.3) is 0 Å². The largest absolute Gasteiger partial charge is 0.508 e. The molecular formula is C46H61N7O9. The number of rotatable bonds is 13. The van der Waals surface area contributed by atoms with E-state index in [2.05, 4.69) is 31.9 Å². The number of carbonyl (C=O) groups is 7. The Bertz CT molecular complexity index is 1970. The lowest BCUT2D eigenvalue weighted by Gasteiger charge is -2.32. The van der Waals surface area contributed by atoms with Gasteiger partial charge >= 0.3 is 12.0 Å². The van der Waals surface area contributed by atoms with Crippen LogP contribution in [0.2, 0.25) is 0 Å². The van der Waals surface area contributed by atoms with Gasteiger partial charge in [-0.1, -0.05) is 93.1 Å². The number of hydrogen-bond donors (Lipinski definition) is 8. The molecule has 62 heavy (non-hydrogen) atoms. The van der Waals surface area contributed by atoms with Crippen molar-refractivity contribution >= 4 is 41.5 Å². The summed E-state index contributed by atoms with van der Waals surface area (Å²) in [6.07, 6.45) is 2.32. The number of phenols is 1. The van der Waals surface area contributed by atoms with Crippen LogP contribution < -0.4 is 31.9 Å². The fraction of sp³-hybridized carbons (Fsp3) is 0.457. The van der Waals surface area contributed by atoms with E-state index in [0.717, 1.165) is 11.1 Å². The zero-order valence-corrected chi connectivity index (χ0v) is 35.9. The molecule has 4 rings (SSSR count). The van der Waals surface area contributed by atoms with Crippen LogP contribution in [0, 0.1) is 5.92 Å². The van der Waals surface area contributed by atoms with Gasteiger partial charge in [-0.3, -0.25) is 24.0 Å². The summed E-state index contributed by atoms with van der Waals surface area (Å²) in [5.41, 5.74) is 2.41. The summed E-state index contributed by atoms with van der Waals surface area (Å²) in [6.45, 7) is 5.30. The van der Waals surface area contributed by atoms with Crippen molar-refractivity contribution in [1.29, 1.82) is 0 Å². The summed E-state index contributed by atoms with van der Waals surface area (Å²) in [4.78, 5) is 96.8. The lowest BCUT2D eigenvalue weighted by atomic mass is 9.96. The van der Waals surface area contributed by atoms with Gasteiger partial charge in [-0.05, 0) is 86.6 Å². The second-order valence-corrected chi connectivity index (χ2v) is 15.9. The molecule has 8 N–H and O–H groups in total. The van der Waals surface area contributed by atoms with Gasteiger partial charge < -0.3 is 47.0 Å². The van der Waals surface area contributed by atoms with E-state index in [1.165, 1.54) is 31.0 Å². The van der Waals surface area contributed by atoms with Crippen molar-refractivity contribution in [2.24, 2.45) is 5.92 Å². The highest BCUT2D eigenvalue weighted by atomic mass is 16.4. The zero-order valence-electron chi connectivity index (χ0n) is 35.9. The number of phenolic OH excluding ortho intramolecular Hbond substituents is 1. The van der Waals surface area contributed by atoms with Crippen LogP contribution >= 0.6 is 0 Å². The van der Waals surface area contributed by atoms with E-state index in [-0.39, 0.29) is 38.0 Å². The molecular weight excluding hydrogens is 795 g/mol. The molecule has 7 atom stereocenters. The predicted molar refractivity (Wildman–Crippen MR) is 233 cm³/mol. The molecule has 3 aromatic carbocycles. The van der Waals surface area contributed by atoms with Gasteiger partial charge in [-0.25, -0.2) is 9.59 Å². The van der Waals surface area contributed by atoms with Crippen molar-refractivity contribution in [2.75, 3.05) is 13.6 Å². The van der Waals surface area contributed by atoms with Crippen molar-refractivity contribution in [1.82, 2.24) is 36.8 Å². The maximum Gasteiger partial charge on any atom is 0.326 e. The standard InChI is InChI=1S/C46H61N7O9/c1-5-29(2)39-43(58)49-37(26-22-32-19-23-34(54)24-20-32)44(59)53(4)30(3)40(55)48-36(25-21-31-14-8-6-9-15-31)41(56)47-27-13-12-18-35(42(57)52-39)50-46(62)51-38(45(60)61)28-33-16-10-7-11-17-33/h6-11,14-17,19-20,23-24,29-30,35-39,54H,5,12-13,18,21-22,25-28H2,1-4H3,(H,47,56)(H,48,55)(H,49,58)(H,52,57)(H,60,61)(H2,50,51,62)/t29-,30-,35+,36-,37-,38+,39-/m0/s1. The molecule has 0 radical (unpaired) electrons. The van der Waals surface area contributed by atoms with Crippen molar-refractivity contribution in [3.8, 4) is 5.75 Å². The lowest BCUT2D eigenvalue weighted by Crippen LogP contribution is -2.60. The van der Waals surface area contributed by atoms with E-state index in [0.29, 0.717) is 37.7 Å². The summed E-state index contributed by atoms with van der Waals surface area (Å²) in [7, 11) is 1.44. The molecule has 16 heteroatoms. The Morgan fingerprint density at radius 1 is 0.758 bits per heavy atom. The van der Waals surface area contributed by atoms with E-state index in [4.69, 9.17) is 0 Å². The van der Waals surface area contributed by atoms with Crippen LogP contribution in [0.4, 0.5) is 4.79 Å². The molecule has 0 unspecified atom stereocenters. The summed E-state index contributed by atoms with van der Waals surface area (Å²) in [6, 6.07) is 16.9. The Morgan fingerprint density at radius 3 is 1.95 bits per heavy atom. The van der Waals surface area contributed by atoms with E-state index in [1.807, 2.05) is 37.3 Å². The van der Waals surface area contributed by atoms with Crippen LogP contribution in [-0.4, -0.2) is 106 Å². The molecule has 1 saturated heterocycles. The van der Waals surface area contributed by atoms with Gasteiger partial charge in [-0.15, -0.1) is 0 Å². The lowest BCUT2D eigenvalue weighted by molar-refractivity contribution is -0.142. The number of aryl methyl sites for hydroxylation is 2. The first-order valence-electron chi connectivity index (χ1n) is 21.3. The first kappa shape index (κ1) is 48.2. The smallest absolute Gasteiger partial charge is 0.326 e. The number of carbonyl (C=O) groups excluding carboxylic acids is 6. The fourth-order valence-electron chi connectivity index (χ4n) is 7.06. The van der Waals surface area contributed by atoms with Crippen molar-refractivity contribution in [3.63, 3.8) is 0 Å². The van der Waals surface area contributed by atoms with Crippen LogP contribution in [0.15, 0.2) is 84.9 Å². The number of nitrogens with zero attached hydrogens (tertiary/aromatic N) is 1. The maximum atomic E-state index is 14.3. The van der Waals surface area contributed by atoms with E-state index in [1.54, 1.807) is 49.4 Å². The number of carboxylic acids is 1. The topological polar surface area (TPSA) is 235 Å². The molecule has 7 amide bonds. The second-order valence-electron chi connectivity index (χ2n) is 15.9. The van der Waals surface area contributed by atoms with Crippen LogP contribution in [0.1, 0.15) is 76.0 Å². The molecule has 1 heterocycles. The monoisotopic (exact) mass is 855 g/mol. The van der Waals surface area contributed by atoms with Crippen LogP contribution in [-0.2, 0) is 48.0 Å². The average molecular weight is 856 g/mol. The Kier molecular flexibility index (Phi) is 18.8. The van der Waals surface area contributed by atoms with Gasteiger partial charge in [0.15, 0.2) is 0 Å². The van der Waals surface area contributed by atoms with Crippen molar-refractivity contribution < 1.29 is 43.8 Å². The molecule has 0 saturated carbocycles. The number of aromatic hydroxyl groups is 1. The minimum absolute atomic E-state index is 0.0101. The van der Waals surface area contributed by atoms with Crippen LogP contribution in [0.3, 0.4) is 0 Å². The predicted octanol–water partition coefficient (Wildman–Crippen LogP) is 2.97. The van der Waals surface area contributed by atoms with E-state index in [9.17, 15) is 43.8 Å². The molecule has 3 aromatic rings. The highest BCUT2D eigenvalue weighted by Crippen LogP contribution is 2.16. The first-order chi connectivity index (χ1) is 29.7. The number of aliphatic carboxylic acids is 1. The molecule has 0 spiro atoms. The van der Waals surface area contributed by atoms with Gasteiger partial charge in [0.2, 0.25) is 29.5 Å². The fourth-order valence-corrected chi connectivity index (χ4v) is 7.06. The number of amides is 7. The minimum Gasteiger partial charge on any atom is -0.508 e. The van der Waals surface area contributed by atoms with Crippen LogP contribution in [0.5, 0.6) is 5.75 Å². The molecule has 1 fully saturated rings. The minimum atomic E-state index is -1.31. The Balaban J connectivity index is 1.64. The molecule has 1 aliphatic rings. The quantitative estimate of drug-likeness (QED) is 0.126. The molecule has 334 valence electrons. The van der Waals surface area contributed by atoms with Gasteiger partial charge in [-0.2, -0.15) is 0 Å². The third-order valence-electron chi connectivity index (χ3n) is 11.3. The second kappa shape index (κ2) is 24.1. The third-order valence-corrected chi connectivity index (χ3v) is 11.3. The summed E-state index contributed by atoms with van der Waals surface area (Å²) in [5, 5.41) is 36.1. The number of likely N-dealkylation sites (N-methyl/N-ethyl adjacent to an activating group) is 1. The first-order valence-corrected chi connectivity index (χ1v) is 21.3. The Morgan fingerprint density at radius 2 is 1.34 bits per heavy atom. The van der Waals surface area contributed by atoms with E-state index < -0.39 is 83.7 Å². The molecule has 0 aliphatic carbocycles. The molecule has 0 aromatic heterocycles. The van der Waals surface area contributed by atoms with Crippen molar-refractivity contribution in [2.45, 2.75) is 115 Å². The highest BCUT2D eigenvalue weighted by Gasteiger charge is 2.36. The maximum absolute atomic E-state index is 14.3. The Labute approximate surface area is 363 Å². The van der Waals surface area contributed by atoms with Crippen molar-refractivity contribution in [3.05, 3.63) is 102 Å². The van der Waals surface area contributed by atoms with Gasteiger partial charge in [0.1, 0.15) is 42.0 Å². The van der Waals surface area contributed by atoms with Gasteiger partial charge in [0, 0.05) is 20.0 Å². The molecule has 0 bridgehead atoms. The zero-order chi connectivity index (χ0) is 45.2. The summed E-state index contributed by atoms with van der Waals surface area (Å²) >= 11 is 0. The number of hydrogen-bond acceptors (Lipinski definition) is 8. The normalized spacial score (nSPS) is 22.0. The highest BCUT2D eigenvalue weighted by molar-refractivity contribution is 5.96. The molecule has 1 aliphatic heterocycles. The SMILES string of the molecule is CC[C@H](C)[C@@H]1NC(=O)[C@H](NC(=O)N[C@H](Cc2ccccc2)C(=O)O)CCCCNC(=O)[C@H](CCc2ccccc2)NC(=O)[C@H](C)N(C)C(=O)[C@H](CCc2ccc(O)cc2)NC1=O. The van der Waals surface area contributed by atoms with E-state index >= 15 is 0 Å². The summed E-state index contributed by atoms with van der Waals surface area (Å²) in [5.74, 6) is -4.60. The number of urea groups is 1. The third kappa shape index (κ3) is 14.9.